The highest BCUT2D eigenvalue weighted by Gasteiger charge is 2.09. The van der Waals surface area contributed by atoms with Crippen molar-refractivity contribution in [1.82, 2.24) is 0 Å². The molecule has 0 saturated carbocycles. The van der Waals surface area contributed by atoms with E-state index >= 15 is 0 Å². The minimum absolute atomic E-state index is 0.0911. The average molecular weight is 275 g/mol. The highest BCUT2D eigenvalue weighted by Crippen LogP contribution is 2.25. The smallest absolute Gasteiger partial charge is 0.163 e. The molecule has 0 saturated heterocycles. The monoisotopic (exact) mass is 274 g/mol. The Hall–Kier alpha value is -1.80. The maximum atomic E-state index is 12.1. The second-order valence-corrected chi connectivity index (χ2v) is 4.67. The first-order chi connectivity index (χ1) is 9.20. The highest BCUT2D eigenvalue weighted by molar-refractivity contribution is 6.32. The van der Waals surface area contributed by atoms with Gasteiger partial charge in [-0.05, 0) is 30.2 Å². The number of benzene rings is 2. The molecular formula is C16H15ClO2. The van der Waals surface area contributed by atoms with Crippen molar-refractivity contribution >= 4 is 17.4 Å². The van der Waals surface area contributed by atoms with E-state index in [1.54, 1.807) is 25.3 Å². The molecule has 0 unspecified atom stereocenters. The number of carbonyl (C=O) groups excluding carboxylic acids is 1. The summed E-state index contributed by atoms with van der Waals surface area (Å²) in [5.74, 6) is 0.676. The predicted octanol–water partition coefficient (Wildman–Crippen LogP) is 4.16. The minimum Gasteiger partial charge on any atom is -0.495 e. The Morgan fingerprint density at radius 2 is 1.89 bits per heavy atom. The van der Waals surface area contributed by atoms with Crippen LogP contribution >= 0.6 is 11.6 Å². The molecule has 2 nitrogen and oxygen atoms in total. The van der Waals surface area contributed by atoms with Crippen molar-refractivity contribution in [3.63, 3.8) is 0 Å². The summed E-state index contributed by atoms with van der Waals surface area (Å²) in [7, 11) is 1.55. The summed E-state index contributed by atoms with van der Waals surface area (Å²) in [4.78, 5) is 12.1. The third-order valence-electron chi connectivity index (χ3n) is 2.96. The van der Waals surface area contributed by atoms with Gasteiger partial charge in [0.15, 0.2) is 5.78 Å². The molecule has 0 aliphatic heterocycles. The van der Waals surface area contributed by atoms with E-state index in [1.165, 1.54) is 0 Å². The number of ketones is 1. The van der Waals surface area contributed by atoms with Gasteiger partial charge >= 0.3 is 0 Å². The molecule has 0 aliphatic rings. The summed E-state index contributed by atoms with van der Waals surface area (Å²) in [6.07, 6.45) is 1.22. The van der Waals surface area contributed by atoms with Crippen LogP contribution in [0.3, 0.4) is 0 Å². The lowest BCUT2D eigenvalue weighted by Crippen LogP contribution is -2.01. The Bertz CT molecular complexity index is 564. The molecule has 0 radical (unpaired) electrons. The van der Waals surface area contributed by atoms with Gasteiger partial charge in [0.1, 0.15) is 5.75 Å². The zero-order valence-corrected chi connectivity index (χ0v) is 11.5. The van der Waals surface area contributed by atoms with Crippen molar-refractivity contribution in [2.24, 2.45) is 0 Å². The van der Waals surface area contributed by atoms with E-state index in [2.05, 4.69) is 0 Å². The predicted molar refractivity (Wildman–Crippen MR) is 77.1 cm³/mol. The Kier molecular flexibility index (Phi) is 4.58. The lowest BCUT2D eigenvalue weighted by Gasteiger charge is -2.05. The molecule has 98 valence electrons. The summed E-state index contributed by atoms with van der Waals surface area (Å²) in [5.41, 5.74) is 1.79. The van der Waals surface area contributed by atoms with Crippen molar-refractivity contribution < 1.29 is 9.53 Å². The van der Waals surface area contributed by atoms with E-state index in [0.717, 1.165) is 12.0 Å². The van der Waals surface area contributed by atoms with Gasteiger partial charge in [0.05, 0.1) is 12.1 Å². The Morgan fingerprint density at radius 3 is 2.53 bits per heavy atom. The molecule has 0 heterocycles. The summed E-state index contributed by atoms with van der Waals surface area (Å²) in [5, 5.41) is 0.466. The SMILES string of the molecule is COc1ccc(C(=O)CCc2ccccc2)cc1Cl. The second-order valence-electron chi connectivity index (χ2n) is 4.26. The fraction of sp³-hybridized carbons (Fsp3) is 0.188. The largest absolute Gasteiger partial charge is 0.495 e. The third kappa shape index (κ3) is 3.58. The first kappa shape index (κ1) is 13.6. The van der Waals surface area contributed by atoms with E-state index < -0.39 is 0 Å². The molecule has 0 aliphatic carbocycles. The summed E-state index contributed by atoms with van der Waals surface area (Å²) in [6.45, 7) is 0. The average Bonchev–Trinajstić information content (AvgIpc) is 2.45. The zero-order chi connectivity index (χ0) is 13.7. The van der Waals surface area contributed by atoms with Gasteiger partial charge in [-0.2, -0.15) is 0 Å². The number of Topliss-reactive ketones (excluding diaryl/α,β-unsaturated/α-hetero) is 1. The Labute approximate surface area is 118 Å². The number of hydrogen-bond donors (Lipinski definition) is 0. The fourth-order valence-electron chi connectivity index (χ4n) is 1.89. The number of carbonyl (C=O) groups is 1. The van der Waals surface area contributed by atoms with Crippen LogP contribution in [0.1, 0.15) is 22.3 Å². The van der Waals surface area contributed by atoms with Crippen LogP contribution in [0.2, 0.25) is 5.02 Å². The maximum absolute atomic E-state index is 12.1. The van der Waals surface area contributed by atoms with E-state index in [1.807, 2.05) is 30.3 Å². The van der Waals surface area contributed by atoms with E-state index in [9.17, 15) is 4.79 Å². The second kappa shape index (κ2) is 6.39. The lowest BCUT2D eigenvalue weighted by molar-refractivity contribution is 0.0983. The number of ether oxygens (including phenoxy) is 1. The van der Waals surface area contributed by atoms with Gasteiger partial charge in [-0.15, -0.1) is 0 Å². The van der Waals surface area contributed by atoms with Crippen LogP contribution in [0.15, 0.2) is 48.5 Å². The van der Waals surface area contributed by atoms with Gasteiger partial charge in [-0.3, -0.25) is 4.79 Å². The van der Waals surface area contributed by atoms with Crippen molar-refractivity contribution in [2.75, 3.05) is 7.11 Å². The molecule has 0 atom stereocenters. The van der Waals surface area contributed by atoms with Gasteiger partial charge in [-0.25, -0.2) is 0 Å². The fourth-order valence-corrected chi connectivity index (χ4v) is 2.14. The molecule has 2 aromatic carbocycles. The number of halogens is 1. The quantitative estimate of drug-likeness (QED) is 0.765. The first-order valence-electron chi connectivity index (χ1n) is 6.11. The zero-order valence-electron chi connectivity index (χ0n) is 10.7. The Morgan fingerprint density at radius 1 is 1.16 bits per heavy atom. The van der Waals surface area contributed by atoms with Crippen molar-refractivity contribution in [1.29, 1.82) is 0 Å². The molecule has 0 spiro atoms. The van der Waals surface area contributed by atoms with Crippen molar-refractivity contribution in [3.05, 3.63) is 64.7 Å². The van der Waals surface area contributed by atoms with Crippen molar-refractivity contribution in [2.45, 2.75) is 12.8 Å². The summed E-state index contributed by atoms with van der Waals surface area (Å²) >= 11 is 6.01. The van der Waals surface area contributed by atoms with Gasteiger partial charge in [-0.1, -0.05) is 41.9 Å². The number of hydrogen-bond acceptors (Lipinski definition) is 2. The van der Waals surface area contributed by atoms with Crippen LogP contribution in [0, 0.1) is 0 Å². The van der Waals surface area contributed by atoms with Gasteiger partial charge < -0.3 is 4.74 Å². The van der Waals surface area contributed by atoms with Crippen LogP contribution in [-0.4, -0.2) is 12.9 Å². The van der Waals surface area contributed by atoms with Gasteiger partial charge in [0.25, 0.3) is 0 Å². The summed E-state index contributed by atoms with van der Waals surface area (Å²) < 4.78 is 5.07. The van der Waals surface area contributed by atoms with E-state index in [4.69, 9.17) is 16.3 Å². The third-order valence-corrected chi connectivity index (χ3v) is 3.25. The highest BCUT2D eigenvalue weighted by atomic mass is 35.5. The van der Waals surface area contributed by atoms with Gasteiger partial charge in [0.2, 0.25) is 0 Å². The topological polar surface area (TPSA) is 26.3 Å². The van der Waals surface area contributed by atoms with E-state index in [-0.39, 0.29) is 5.78 Å². The molecule has 19 heavy (non-hydrogen) atoms. The Balaban J connectivity index is 2.02. The number of rotatable bonds is 5. The first-order valence-corrected chi connectivity index (χ1v) is 6.49. The maximum Gasteiger partial charge on any atom is 0.163 e. The van der Waals surface area contributed by atoms with Crippen LogP contribution in [0.4, 0.5) is 0 Å². The molecule has 0 N–H and O–H groups in total. The van der Waals surface area contributed by atoms with Crippen LogP contribution < -0.4 is 4.74 Å². The molecule has 0 fully saturated rings. The molecule has 2 rings (SSSR count). The lowest BCUT2D eigenvalue weighted by atomic mass is 10.0. The van der Waals surface area contributed by atoms with Crippen LogP contribution in [-0.2, 0) is 6.42 Å². The number of aryl methyl sites for hydroxylation is 1. The minimum atomic E-state index is 0.0911. The van der Waals surface area contributed by atoms with E-state index in [0.29, 0.717) is 22.8 Å². The molecule has 0 aromatic heterocycles. The summed E-state index contributed by atoms with van der Waals surface area (Å²) in [6, 6.07) is 15.1. The van der Waals surface area contributed by atoms with Crippen LogP contribution in [0.5, 0.6) is 5.75 Å². The normalized spacial score (nSPS) is 10.2. The van der Waals surface area contributed by atoms with Gasteiger partial charge in [0, 0.05) is 12.0 Å². The standard InChI is InChI=1S/C16H15ClO2/c1-19-16-10-8-13(11-14(16)17)15(18)9-7-12-5-3-2-4-6-12/h2-6,8,10-11H,7,9H2,1H3. The molecular weight excluding hydrogens is 260 g/mol. The molecule has 2 aromatic rings. The van der Waals surface area contributed by atoms with Crippen molar-refractivity contribution in [3.8, 4) is 5.75 Å². The molecule has 0 amide bonds. The van der Waals surface area contributed by atoms with Crippen LogP contribution in [0.25, 0.3) is 0 Å². The molecule has 0 bridgehead atoms. The molecule has 3 heteroatoms. The number of methoxy groups -OCH3 is 1.